The van der Waals surface area contributed by atoms with Crippen LogP contribution in [0.3, 0.4) is 0 Å². The molecule has 0 heterocycles. The Morgan fingerprint density at radius 2 is 1.71 bits per heavy atom. The van der Waals surface area contributed by atoms with Crippen LogP contribution in [0.5, 0.6) is 0 Å². The lowest BCUT2D eigenvalue weighted by Crippen LogP contribution is -2.08. The SMILES string of the molecule is C=C/C(=C\C=C(/C)C(F)(F)F)C(C)C. The minimum atomic E-state index is -4.24. The van der Waals surface area contributed by atoms with Gasteiger partial charge in [-0.3, -0.25) is 0 Å². The fourth-order valence-corrected chi connectivity index (χ4v) is 0.812. The van der Waals surface area contributed by atoms with Crippen molar-refractivity contribution in [3.05, 3.63) is 36.0 Å². The highest BCUT2D eigenvalue weighted by atomic mass is 19.4. The third-order valence-corrected chi connectivity index (χ3v) is 1.88. The molecule has 0 aliphatic rings. The number of halogens is 3. The molecule has 0 aromatic carbocycles. The highest BCUT2D eigenvalue weighted by Crippen LogP contribution is 2.25. The van der Waals surface area contributed by atoms with Crippen LogP contribution < -0.4 is 0 Å². The summed E-state index contributed by atoms with van der Waals surface area (Å²) in [5.74, 6) is 0.185. The van der Waals surface area contributed by atoms with Crippen LogP contribution in [0.2, 0.25) is 0 Å². The Labute approximate surface area is 82.8 Å². The zero-order chi connectivity index (χ0) is 11.4. The molecule has 0 amide bonds. The van der Waals surface area contributed by atoms with E-state index in [0.29, 0.717) is 0 Å². The van der Waals surface area contributed by atoms with Gasteiger partial charge < -0.3 is 0 Å². The van der Waals surface area contributed by atoms with Crippen molar-refractivity contribution in [2.75, 3.05) is 0 Å². The number of hydrogen-bond donors (Lipinski definition) is 0. The summed E-state index contributed by atoms with van der Waals surface area (Å²) < 4.78 is 36.2. The van der Waals surface area contributed by atoms with Gasteiger partial charge in [-0.05, 0) is 18.4 Å². The van der Waals surface area contributed by atoms with Crippen molar-refractivity contribution in [1.82, 2.24) is 0 Å². The lowest BCUT2D eigenvalue weighted by molar-refractivity contribution is -0.0913. The van der Waals surface area contributed by atoms with Crippen LogP contribution in [0.15, 0.2) is 36.0 Å². The summed E-state index contributed by atoms with van der Waals surface area (Å²) in [6.07, 6.45) is -0.123. The summed E-state index contributed by atoms with van der Waals surface area (Å²) in [7, 11) is 0. The Morgan fingerprint density at radius 3 is 2.00 bits per heavy atom. The van der Waals surface area contributed by atoms with E-state index in [-0.39, 0.29) is 5.92 Å². The van der Waals surface area contributed by atoms with Crippen molar-refractivity contribution < 1.29 is 13.2 Å². The van der Waals surface area contributed by atoms with Gasteiger partial charge in [0.05, 0.1) is 0 Å². The van der Waals surface area contributed by atoms with Crippen molar-refractivity contribution in [2.24, 2.45) is 5.92 Å². The number of hydrogen-bond acceptors (Lipinski definition) is 0. The molecular formula is C11H15F3. The molecule has 0 N–H and O–H groups in total. The largest absolute Gasteiger partial charge is 0.412 e. The third-order valence-electron chi connectivity index (χ3n) is 1.88. The van der Waals surface area contributed by atoms with Gasteiger partial charge in [0.1, 0.15) is 0 Å². The van der Waals surface area contributed by atoms with Gasteiger partial charge in [0, 0.05) is 5.57 Å². The average molecular weight is 204 g/mol. The smallest absolute Gasteiger partial charge is 0.166 e. The van der Waals surface area contributed by atoms with Crippen molar-refractivity contribution in [3.8, 4) is 0 Å². The molecule has 0 rings (SSSR count). The summed E-state index contributed by atoms with van der Waals surface area (Å²) in [6, 6.07) is 0. The molecule has 0 aromatic heterocycles. The van der Waals surface area contributed by atoms with Gasteiger partial charge >= 0.3 is 6.18 Å². The summed E-state index contributed by atoms with van der Waals surface area (Å²) in [4.78, 5) is 0. The van der Waals surface area contributed by atoms with Crippen molar-refractivity contribution in [3.63, 3.8) is 0 Å². The van der Waals surface area contributed by atoms with Crippen LogP contribution in [-0.2, 0) is 0 Å². The second-order valence-corrected chi connectivity index (χ2v) is 3.37. The molecule has 0 atom stereocenters. The Bertz CT molecular complexity index is 254. The molecule has 0 unspecified atom stereocenters. The van der Waals surface area contributed by atoms with Crippen LogP contribution in [0.4, 0.5) is 13.2 Å². The van der Waals surface area contributed by atoms with Crippen molar-refractivity contribution in [2.45, 2.75) is 26.9 Å². The highest BCUT2D eigenvalue weighted by molar-refractivity contribution is 5.26. The standard InChI is InChI=1S/C11H15F3/c1-5-10(8(2)3)7-6-9(4)11(12,13)14/h5-8H,1H2,2-4H3/b9-6+,10-7+. The van der Waals surface area contributed by atoms with E-state index < -0.39 is 11.7 Å². The Morgan fingerprint density at radius 1 is 1.21 bits per heavy atom. The first-order valence-corrected chi connectivity index (χ1v) is 4.37. The van der Waals surface area contributed by atoms with Gasteiger partial charge in [-0.1, -0.05) is 38.7 Å². The molecule has 0 aliphatic heterocycles. The van der Waals surface area contributed by atoms with Gasteiger partial charge in [0.25, 0.3) is 0 Å². The maximum absolute atomic E-state index is 12.1. The molecule has 0 spiro atoms. The molecule has 0 saturated carbocycles. The normalized spacial score (nSPS) is 14.8. The van der Waals surface area contributed by atoms with E-state index in [4.69, 9.17) is 0 Å². The molecule has 0 bridgehead atoms. The first-order chi connectivity index (χ1) is 6.29. The quantitative estimate of drug-likeness (QED) is 0.602. The van der Waals surface area contributed by atoms with E-state index in [9.17, 15) is 13.2 Å². The van der Waals surface area contributed by atoms with E-state index in [0.717, 1.165) is 18.6 Å². The predicted octanol–water partition coefficient (Wildman–Crippen LogP) is 4.26. The van der Waals surface area contributed by atoms with E-state index in [1.165, 1.54) is 6.08 Å². The lowest BCUT2D eigenvalue weighted by atomic mass is 10.0. The molecule has 0 aromatic rings. The Kier molecular flexibility index (Phi) is 4.68. The highest BCUT2D eigenvalue weighted by Gasteiger charge is 2.29. The minimum absolute atomic E-state index is 0.185. The maximum atomic E-state index is 12.1. The van der Waals surface area contributed by atoms with Crippen LogP contribution in [0.1, 0.15) is 20.8 Å². The second kappa shape index (κ2) is 5.03. The lowest BCUT2D eigenvalue weighted by Gasteiger charge is -2.07. The van der Waals surface area contributed by atoms with E-state index in [2.05, 4.69) is 6.58 Å². The molecule has 14 heavy (non-hydrogen) atoms. The summed E-state index contributed by atoms with van der Waals surface area (Å²) in [6.45, 7) is 8.41. The second-order valence-electron chi connectivity index (χ2n) is 3.37. The van der Waals surface area contributed by atoms with Gasteiger partial charge in [0.2, 0.25) is 0 Å². The van der Waals surface area contributed by atoms with Crippen LogP contribution in [0, 0.1) is 5.92 Å². The monoisotopic (exact) mass is 204 g/mol. The fraction of sp³-hybridized carbons (Fsp3) is 0.455. The van der Waals surface area contributed by atoms with Gasteiger partial charge in [0.15, 0.2) is 0 Å². The van der Waals surface area contributed by atoms with E-state index >= 15 is 0 Å². The van der Waals surface area contributed by atoms with Gasteiger partial charge in [-0.15, -0.1) is 0 Å². The van der Waals surface area contributed by atoms with E-state index in [1.54, 1.807) is 6.08 Å². The summed E-state index contributed by atoms with van der Waals surface area (Å²) in [5.41, 5.74) is 0.200. The molecule has 0 fully saturated rings. The van der Waals surface area contributed by atoms with Crippen molar-refractivity contribution >= 4 is 0 Å². The van der Waals surface area contributed by atoms with Gasteiger partial charge in [-0.2, -0.15) is 13.2 Å². The van der Waals surface area contributed by atoms with Crippen LogP contribution in [-0.4, -0.2) is 6.18 Å². The molecule has 0 saturated heterocycles. The Balaban J connectivity index is 4.76. The minimum Gasteiger partial charge on any atom is -0.166 e. The number of alkyl halides is 3. The van der Waals surface area contributed by atoms with Crippen LogP contribution in [0.25, 0.3) is 0 Å². The first kappa shape index (κ1) is 13.0. The Hall–Kier alpha value is -0.990. The zero-order valence-corrected chi connectivity index (χ0v) is 8.65. The molecule has 3 heteroatoms. The molecule has 0 radical (unpaired) electrons. The van der Waals surface area contributed by atoms with E-state index in [1.807, 2.05) is 13.8 Å². The number of rotatable bonds is 3. The maximum Gasteiger partial charge on any atom is 0.412 e. The van der Waals surface area contributed by atoms with Crippen molar-refractivity contribution in [1.29, 1.82) is 0 Å². The average Bonchev–Trinajstić information content (AvgIpc) is 2.02. The zero-order valence-electron chi connectivity index (χ0n) is 8.65. The first-order valence-electron chi connectivity index (χ1n) is 4.37. The fourth-order valence-electron chi connectivity index (χ4n) is 0.812. The molecule has 80 valence electrons. The summed E-state index contributed by atoms with van der Waals surface area (Å²) >= 11 is 0. The van der Waals surface area contributed by atoms with Gasteiger partial charge in [-0.25, -0.2) is 0 Å². The number of allylic oxidation sites excluding steroid dienone is 5. The topological polar surface area (TPSA) is 0 Å². The predicted molar refractivity (Wildman–Crippen MR) is 52.9 cm³/mol. The third kappa shape index (κ3) is 4.30. The molecule has 0 aliphatic carbocycles. The molecule has 0 nitrogen and oxygen atoms in total. The molecular weight excluding hydrogens is 189 g/mol. The van der Waals surface area contributed by atoms with Crippen LogP contribution >= 0.6 is 0 Å². The summed E-state index contributed by atoms with van der Waals surface area (Å²) in [5, 5.41) is 0.